The average molecular weight is 252 g/mol. The van der Waals surface area contributed by atoms with Crippen molar-refractivity contribution in [3.63, 3.8) is 0 Å². The van der Waals surface area contributed by atoms with Crippen molar-refractivity contribution >= 4 is 11.8 Å². The molecule has 0 aliphatic rings. The van der Waals surface area contributed by atoms with E-state index in [1.807, 2.05) is 16.9 Å². The van der Waals surface area contributed by atoms with Gasteiger partial charge in [0.1, 0.15) is 5.82 Å². The van der Waals surface area contributed by atoms with Crippen molar-refractivity contribution in [3.05, 3.63) is 24.3 Å². The molecule has 6 nitrogen and oxygen atoms in total. The predicted octanol–water partition coefficient (Wildman–Crippen LogP) is 1.09. The Bertz CT molecular complexity index is 449. The maximum atomic E-state index is 5.63. The maximum absolute atomic E-state index is 5.63. The highest BCUT2D eigenvalue weighted by Crippen LogP contribution is 2.18. The first kappa shape index (κ1) is 12.1. The topological polar surface area (TPSA) is 74.6 Å². The molecular weight excluding hydrogens is 236 g/mol. The van der Waals surface area contributed by atoms with E-state index in [1.54, 1.807) is 18.0 Å². The lowest BCUT2D eigenvalue weighted by molar-refractivity contribution is 0.590. The lowest BCUT2D eigenvalue weighted by Gasteiger charge is -2.07. The third-order valence-corrected chi connectivity index (χ3v) is 3.26. The lowest BCUT2D eigenvalue weighted by atomic mass is 10.4. The van der Waals surface area contributed by atoms with Crippen LogP contribution in [0.25, 0.3) is 0 Å². The van der Waals surface area contributed by atoms with Gasteiger partial charge in [-0.3, -0.25) is 4.68 Å². The molecule has 0 radical (unpaired) electrons. The highest BCUT2D eigenvalue weighted by atomic mass is 32.2. The van der Waals surface area contributed by atoms with Crippen molar-refractivity contribution in [3.8, 4) is 0 Å². The molecule has 17 heavy (non-hydrogen) atoms. The number of rotatable bonds is 6. The van der Waals surface area contributed by atoms with Crippen LogP contribution in [0, 0.1) is 0 Å². The summed E-state index contributed by atoms with van der Waals surface area (Å²) < 4.78 is 3.94. The van der Waals surface area contributed by atoms with Crippen LogP contribution in [0.15, 0.2) is 23.6 Å². The van der Waals surface area contributed by atoms with Crippen LogP contribution in [0.4, 0.5) is 0 Å². The largest absolute Gasteiger partial charge is 0.324 e. The molecule has 2 rings (SSSR count). The van der Waals surface area contributed by atoms with Gasteiger partial charge in [0.15, 0.2) is 5.16 Å². The summed E-state index contributed by atoms with van der Waals surface area (Å²) in [4.78, 5) is 0. The molecule has 0 aromatic carbocycles. The molecule has 0 spiro atoms. The molecule has 0 atom stereocenters. The minimum absolute atomic E-state index is 0.426. The van der Waals surface area contributed by atoms with Gasteiger partial charge in [-0.2, -0.15) is 5.10 Å². The molecule has 2 N–H and O–H groups in total. The van der Waals surface area contributed by atoms with Gasteiger partial charge in [0.2, 0.25) is 0 Å². The maximum Gasteiger partial charge on any atom is 0.193 e. The molecule has 0 saturated heterocycles. The quantitative estimate of drug-likeness (QED) is 0.779. The van der Waals surface area contributed by atoms with Crippen LogP contribution >= 0.6 is 11.8 Å². The molecule has 0 fully saturated rings. The van der Waals surface area contributed by atoms with Crippen LogP contribution in [-0.2, 0) is 19.0 Å². The van der Waals surface area contributed by atoms with Gasteiger partial charge in [-0.25, -0.2) is 0 Å². The van der Waals surface area contributed by atoms with E-state index in [1.165, 1.54) is 0 Å². The van der Waals surface area contributed by atoms with Crippen molar-refractivity contribution in [1.29, 1.82) is 0 Å². The molecule has 7 heteroatoms. The van der Waals surface area contributed by atoms with Crippen molar-refractivity contribution in [2.75, 3.05) is 0 Å². The highest BCUT2D eigenvalue weighted by Gasteiger charge is 2.10. The average Bonchev–Trinajstić information content (AvgIpc) is 2.96. The summed E-state index contributed by atoms with van der Waals surface area (Å²) in [6.07, 6.45) is 4.74. The number of aromatic nitrogens is 5. The Morgan fingerprint density at radius 3 is 2.94 bits per heavy atom. The van der Waals surface area contributed by atoms with Crippen molar-refractivity contribution in [1.82, 2.24) is 24.5 Å². The second-order valence-corrected chi connectivity index (χ2v) is 4.49. The van der Waals surface area contributed by atoms with E-state index in [-0.39, 0.29) is 0 Å². The van der Waals surface area contributed by atoms with Crippen LogP contribution in [-0.4, -0.2) is 24.5 Å². The van der Waals surface area contributed by atoms with E-state index in [2.05, 4.69) is 26.8 Å². The van der Waals surface area contributed by atoms with Crippen LogP contribution < -0.4 is 5.73 Å². The highest BCUT2D eigenvalue weighted by molar-refractivity contribution is 7.98. The lowest BCUT2D eigenvalue weighted by Crippen LogP contribution is -2.09. The van der Waals surface area contributed by atoms with Crippen LogP contribution in [0.3, 0.4) is 0 Å². The Morgan fingerprint density at radius 2 is 2.29 bits per heavy atom. The number of hydrogen-bond acceptors (Lipinski definition) is 5. The Balaban J connectivity index is 2.06. The minimum Gasteiger partial charge on any atom is -0.324 e. The number of hydrogen-bond donors (Lipinski definition) is 1. The minimum atomic E-state index is 0.426. The number of thioether (sulfide) groups is 1. The fourth-order valence-electron chi connectivity index (χ4n) is 1.53. The van der Waals surface area contributed by atoms with Gasteiger partial charge in [-0.05, 0) is 12.5 Å². The fraction of sp³-hybridized carbons (Fsp3) is 0.500. The Kier molecular flexibility index (Phi) is 4.16. The summed E-state index contributed by atoms with van der Waals surface area (Å²) in [5.74, 6) is 1.58. The second kappa shape index (κ2) is 5.83. The fourth-order valence-corrected chi connectivity index (χ4v) is 2.38. The standard InChI is InChI=1S/C10H16N6S/c1-2-5-16-9(7-11)13-14-10(16)17-8-15-6-3-4-12-15/h3-4,6H,2,5,7-8,11H2,1H3. The van der Waals surface area contributed by atoms with Crippen LogP contribution in [0.1, 0.15) is 19.2 Å². The van der Waals surface area contributed by atoms with Gasteiger partial charge in [-0.15, -0.1) is 10.2 Å². The van der Waals surface area contributed by atoms with E-state index >= 15 is 0 Å². The SMILES string of the molecule is CCCn1c(CN)nnc1SCn1cccn1. The summed E-state index contributed by atoms with van der Waals surface area (Å²) in [7, 11) is 0. The Morgan fingerprint density at radius 1 is 1.41 bits per heavy atom. The van der Waals surface area contributed by atoms with Gasteiger partial charge in [0.25, 0.3) is 0 Å². The van der Waals surface area contributed by atoms with Gasteiger partial charge < -0.3 is 10.3 Å². The third kappa shape index (κ3) is 2.86. The van der Waals surface area contributed by atoms with Crippen molar-refractivity contribution in [2.24, 2.45) is 5.73 Å². The first-order valence-corrected chi connectivity index (χ1v) is 6.56. The molecule has 2 heterocycles. The third-order valence-electron chi connectivity index (χ3n) is 2.31. The summed E-state index contributed by atoms with van der Waals surface area (Å²) >= 11 is 1.62. The Hall–Kier alpha value is -1.34. The van der Waals surface area contributed by atoms with E-state index in [9.17, 15) is 0 Å². The summed E-state index contributed by atoms with van der Waals surface area (Å²) in [5, 5.41) is 13.3. The smallest absolute Gasteiger partial charge is 0.193 e. The first-order valence-electron chi connectivity index (χ1n) is 5.57. The van der Waals surface area contributed by atoms with Crippen molar-refractivity contribution < 1.29 is 0 Å². The zero-order chi connectivity index (χ0) is 12.1. The molecule has 0 bridgehead atoms. The summed E-state index contributed by atoms with van der Waals surface area (Å²) in [6.45, 7) is 3.46. The van der Waals surface area contributed by atoms with Crippen molar-refractivity contribution in [2.45, 2.75) is 37.5 Å². The summed E-state index contributed by atoms with van der Waals surface area (Å²) in [5.41, 5.74) is 5.63. The van der Waals surface area contributed by atoms with Gasteiger partial charge in [-0.1, -0.05) is 18.7 Å². The Labute approximate surface area is 104 Å². The monoisotopic (exact) mass is 252 g/mol. The van der Waals surface area contributed by atoms with Gasteiger partial charge >= 0.3 is 0 Å². The molecule has 92 valence electrons. The van der Waals surface area contributed by atoms with E-state index in [4.69, 9.17) is 5.73 Å². The van der Waals surface area contributed by atoms with Gasteiger partial charge in [0.05, 0.1) is 12.4 Å². The predicted molar refractivity (Wildman–Crippen MR) is 66.3 cm³/mol. The zero-order valence-electron chi connectivity index (χ0n) is 9.78. The first-order chi connectivity index (χ1) is 8.35. The molecule has 0 unspecified atom stereocenters. The number of nitrogens with zero attached hydrogens (tertiary/aromatic N) is 5. The van der Waals surface area contributed by atoms with Crippen LogP contribution in [0.2, 0.25) is 0 Å². The summed E-state index contributed by atoms with van der Waals surface area (Å²) in [6, 6.07) is 1.91. The second-order valence-electron chi connectivity index (χ2n) is 3.57. The molecule has 0 aliphatic carbocycles. The molecule has 0 aliphatic heterocycles. The zero-order valence-corrected chi connectivity index (χ0v) is 10.6. The molecule has 2 aromatic rings. The van der Waals surface area contributed by atoms with E-state index in [0.29, 0.717) is 6.54 Å². The van der Waals surface area contributed by atoms with E-state index < -0.39 is 0 Å². The molecular formula is C10H16N6S. The molecule has 0 amide bonds. The van der Waals surface area contributed by atoms with Gasteiger partial charge in [0, 0.05) is 18.9 Å². The molecule has 2 aromatic heterocycles. The molecule has 0 saturated carbocycles. The normalized spacial score (nSPS) is 10.9. The number of nitrogens with two attached hydrogens (primary N) is 1. The van der Waals surface area contributed by atoms with Crippen LogP contribution in [0.5, 0.6) is 0 Å². The van der Waals surface area contributed by atoms with E-state index in [0.717, 1.165) is 29.8 Å².